The lowest BCUT2D eigenvalue weighted by molar-refractivity contribution is 0.333. The molecule has 0 amide bonds. The molecule has 0 saturated heterocycles. The molecule has 1 aromatic carbocycles. The molecule has 1 aliphatic heterocycles. The Balaban J connectivity index is 1.93. The summed E-state index contributed by atoms with van der Waals surface area (Å²) in [5.74, 6) is 1.73. The number of anilines is 2. The topological polar surface area (TPSA) is 112 Å². The number of benzene rings is 1. The lowest BCUT2D eigenvalue weighted by Crippen LogP contribution is -2.27. The number of nitrogens with two attached hydrogens (primary N) is 2. The van der Waals surface area contributed by atoms with Gasteiger partial charge in [0, 0.05) is 22.9 Å². The number of fused-ring (bicyclic) bond motifs is 2. The van der Waals surface area contributed by atoms with Crippen molar-refractivity contribution in [1.82, 2.24) is 15.0 Å². The molecule has 0 spiro atoms. The second-order valence-corrected chi connectivity index (χ2v) is 7.53. The number of ether oxygens (including phenoxy) is 1. The standard InChI is InChI=1S/C19H22N6O/c1-19(2,3)25-18-23-13-6-7-22-17(21)15(13)16(24-18)10-4-5-11-12(20)9-26-14(11)8-10/h4-8,12H,9,20H2,1-3H3,(H2,21,22)(H,23,24,25). The van der Waals surface area contributed by atoms with E-state index in [-0.39, 0.29) is 11.6 Å². The van der Waals surface area contributed by atoms with Crippen LogP contribution in [-0.4, -0.2) is 27.1 Å². The molecule has 5 N–H and O–H groups in total. The van der Waals surface area contributed by atoms with Crippen LogP contribution in [0.1, 0.15) is 32.4 Å². The summed E-state index contributed by atoms with van der Waals surface area (Å²) in [4.78, 5) is 13.5. The van der Waals surface area contributed by atoms with Crippen LogP contribution in [0, 0.1) is 0 Å². The number of aromatic nitrogens is 3. The van der Waals surface area contributed by atoms with Gasteiger partial charge >= 0.3 is 0 Å². The third-order valence-corrected chi connectivity index (χ3v) is 4.23. The van der Waals surface area contributed by atoms with E-state index in [2.05, 4.69) is 36.1 Å². The SMILES string of the molecule is CC(C)(C)Nc1nc(-c2ccc3c(c2)OCC3N)c2c(N)nccc2n1. The average Bonchev–Trinajstić information content (AvgIpc) is 2.93. The third kappa shape index (κ3) is 2.90. The monoisotopic (exact) mass is 350 g/mol. The highest BCUT2D eigenvalue weighted by molar-refractivity contribution is 6.00. The molecule has 0 aliphatic carbocycles. The first-order valence-corrected chi connectivity index (χ1v) is 8.55. The predicted octanol–water partition coefficient (Wildman–Crippen LogP) is 2.88. The van der Waals surface area contributed by atoms with Crippen LogP contribution in [0.2, 0.25) is 0 Å². The van der Waals surface area contributed by atoms with Crippen LogP contribution >= 0.6 is 0 Å². The predicted molar refractivity (Wildman–Crippen MR) is 103 cm³/mol. The quantitative estimate of drug-likeness (QED) is 0.651. The molecule has 3 aromatic rings. The van der Waals surface area contributed by atoms with E-state index in [4.69, 9.17) is 21.2 Å². The van der Waals surface area contributed by atoms with E-state index in [0.717, 1.165) is 33.5 Å². The maximum absolute atomic E-state index is 6.14. The molecule has 7 nitrogen and oxygen atoms in total. The Hall–Kier alpha value is -2.93. The van der Waals surface area contributed by atoms with Crippen molar-refractivity contribution in [1.29, 1.82) is 0 Å². The Morgan fingerprint density at radius 3 is 2.77 bits per heavy atom. The maximum atomic E-state index is 6.14. The molecule has 1 atom stereocenters. The molecule has 1 aliphatic rings. The first kappa shape index (κ1) is 16.5. The molecule has 1 unspecified atom stereocenters. The normalized spacial score (nSPS) is 16.4. The van der Waals surface area contributed by atoms with Gasteiger partial charge in [0.2, 0.25) is 5.95 Å². The number of nitrogen functional groups attached to an aromatic ring is 1. The summed E-state index contributed by atoms with van der Waals surface area (Å²) >= 11 is 0. The second-order valence-electron chi connectivity index (χ2n) is 7.53. The molecule has 0 bridgehead atoms. The average molecular weight is 350 g/mol. The van der Waals surface area contributed by atoms with Gasteiger partial charge in [-0.05, 0) is 32.9 Å². The van der Waals surface area contributed by atoms with Crippen molar-refractivity contribution in [3.63, 3.8) is 0 Å². The molecule has 7 heteroatoms. The van der Waals surface area contributed by atoms with Crippen molar-refractivity contribution in [2.75, 3.05) is 17.7 Å². The molecule has 134 valence electrons. The summed E-state index contributed by atoms with van der Waals surface area (Å²) in [7, 11) is 0. The summed E-state index contributed by atoms with van der Waals surface area (Å²) < 4.78 is 5.70. The minimum atomic E-state index is -0.169. The Bertz CT molecular complexity index is 995. The summed E-state index contributed by atoms with van der Waals surface area (Å²) in [6, 6.07) is 7.68. The Morgan fingerprint density at radius 1 is 1.19 bits per heavy atom. The van der Waals surface area contributed by atoms with E-state index < -0.39 is 0 Å². The van der Waals surface area contributed by atoms with E-state index in [1.54, 1.807) is 6.20 Å². The Labute approximate surface area is 151 Å². The van der Waals surface area contributed by atoms with E-state index in [1.807, 2.05) is 24.3 Å². The fourth-order valence-corrected chi connectivity index (χ4v) is 3.09. The van der Waals surface area contributed by atoms with E-state index >= 15 is 0 Å². The van der Waals surface area contributed by atoms with Gasteiger partial charge in [-0.25, -0.2) is 15.0 Å². The molecular weight excluding hydrogens is 328 g/mol. The van der Waals surface area contributed by atoms with Crippen LogP contribution in [0.4, 0.5) is 11.8 Å². The molecule has 0 saturated carbocycles. The molecule has 0 radical (unpaired) electrons. The number of rotatable bonds is 2. The van der Waals surface area contributed by atoms with Gasteiger partial charge in [0.05, 0.1) is 22.6 Å². The minimum Gasteiger partial charge on any atom is -0.491 e. The largest absolute Gasteiger partial charge is 0.491 e. The zero-order valence-electron chi connectivity index (χ0n) is 15.1. The van der Waals surface area contributed by atoms with Gasteiger partial charge in [0.25, 0.3) is 0 Å². The van der Waals surface area contributed by atoms with Crippen LogP contribution < -0.4 is 21.5 Å². The molecular formula is C19H22N6O. The number of nitrogens with one attached hydrogen (secondary N) is 1. The van der Waals surface area contributed by atoms with Gasteiger partial charge in [-0.2, -0.15) is 0 Å². The van der Waals surface area contributed by atoms with Crippen LogP contribution in [0.3, 0.4) is 0 Å². The van der Waals surface area contributed by atoms with Crippen molar-refractivity contribution >= 4 is 22.7 Å². The van der Waals surface area contributed by atoms with Crippen LogP contribution in [-0.2, 0) is 0 Å². The van der Waals surface area contributed by atoms with E-state index in [1.165, 1.54) is 0 Å². The van der Waals surface area contributed by atoms with E-state index in [0.29, 0.717) is 18.4 Å². The first-order chi connectivity index (χ1) is 12.3. The number of nitrogens with zero attached hydrogens (tertiary/aromatic N) is 3. The zero-order chi connectivity index (χ0) is 18.5. The third-order valence-electron chi connectivity index (χ3n) is 4.23. The van der Waals surface area contributed by atoms with Crippen molar-refractivity contribution < 1.29 is 4.74 Å². The van der Waals surface area contributed by atoms with Crippen LogP contribution in [0.25, 0.3) is 22.2 Å². The van der Waals surface area contributed by atoms with Gasteiger partial charge in [0.1, 0.15) is 18.2 Å². The summed E-state index contributed by atoms with van der Waals surface area (Å²) in [6.45, 7) is 6.67. The highest BCUT2D eigenvalue weighted by atomic mass is 16.5. The van der Waals surface area contributed by atoms with Crippen molar-refractivity contribution in [3.05, 3.63) is 36.0 Å². The fourth-order valence-electron chi connectivity index (χ4n) is 3.09. The first-order valence-electron chi connectivity index (χ1n) is 8.55. The van der Waals surface area contributed by atoms with Crippen molar-refractivity contribution in [2.45, 2.75) is 32.4 Å². The summed E-state index contributed by atoms with van der Waals surface area (Å²) in [5.41, 5.74) is 15.4. The van der Waals surface area contributed by atoms with Gasteiger partial charge in [-0.3, -0.25) is 0 Å². The number of pyridine rings is 1. The number of hydrogen-bond acceptors (Lipinski definition) is 7. The lowest BCUT2D eigenvalue weighted by Gasteiger charge is -2.21. The molecule has 0 fully saturated rings. The summed E-state index contributed by atoms with van der Waals surface area (Å²) in [6.07, 6.45) is 1.65. The molecule has 2 aromatic heterocycles. The minimum absolute atomic E-state index is 0.0916. The van der Waals surface area contributed by atoms with Gasteiger partial charge in [0.15, 0.2) is 0 Å². The Morgan fingerprint density at radius 2 is 2.00 bits per heavy atom. The van der Waals surface area contributed by atoms with Crippen LogP contribution in [0.15, 0.2) is 30.5 Å². The summed E-state index contributed by atoms with van der Waals surface area (Å²) in [5, 5.41) is 4.06. The van der Waals surface area contributed by atoms with Crippen molar-refractivity contribution in [2.24, 2.45) is 5.73 Å². The van der Waals surface area contributed by atoms with Gasteiger partial charge in [-0.15, -0.1) is 0 Å². The number of hydrogen-bond donors (Lipinski definition) is 3. The second kappa shape index (κ2) is 5.81. The maximum Gasteiger partial charge on any atom is 0.224 e. The molecule has 26 heavy (non-hydrogen) atoms. The van der Waals surface area contributed by atoms with E-state index in [9.17, 15) is 0 Å². The van der Waals surface area contributed by atoms with Gasteiger partial charge in [-0.1, -0.05) is 12.1 Å². The van der Waals surface area contributed by atoms with Crippen LogP contribution in [0.5, 0.6) is 5.75 Å². The highest BCUT2D eigenvalue weighted by Crippen LogP contribution is 2.37. The zero-order valence-corrected chi connectivity index (χ0v) is 15.1. The fraction of sp³-hybridized carbons (Fsp3) is 0.316. The smallest absolute Gasteiger partial charge is 0.224 e. The lowest BCUT2D eigenvalue weighted by atomic mass is 10.0. The molecule has 3 heterocycles. The van der Waals surface area contributed by atoms with Crippen molar-refractivity contribution in [3.8, 4) is 17.0 Å². The molecule has 4 rings (SSSR count). The highest BCUT2D eigenvalue weighted by Gasteiger charge is 2.23. The van der Waals surface area contributed by atoms with Gasteiger partial charge < -0.3 is 21.5 Å². The Kier molecular flexibility index (Phi) is 3.69.